The van der Waals surface area contributed by atoms with Gasteiger partial charge in [-0.3, -0.25) is 4.52 Å². The molecule has 0 bridgehead atoms. The predicted octanol–water partition coefficient (Wildman–Crippen LogP) is 10.2. The van der Waals surface area contributed by atoms with Gasteiger partial charge in [0.05, 0.1) is 13.7 Å². The number of methoxy groups -OCH3 is 1. The van der Waals surface area contributed by atoms with Crippen molar-refractivity contribution in [3.8, 4) is 51.0 Å². The Balaban J connectivity index is 1.39. The van der Waals surface area contributed by atoms with Crippen LogP contribution in [0.5, 0.6) is 28.7 Å². The van der Waals surface area contributed by atoms with E-state index in [2.05, 4.69) is 12.1 Å². The molecule has 0 saturated heterocycles. The van der Waals surface area contributed by atoms with Gasteiger partial charge in [0.25, 0.3) is 0 Å². The molecule has 0 saturated carbocycles. The zero-order valence-electron chi connectivity index (χ0n) is 23.6. The number of phosphoric acid groups is 1. The van der Waals surface area contributed by atoms with E-state index in [-0.39, 0.29) is 6.61 Å². The SMILES string of the molecule is CCCCOP(=O)(Oc1ccccc1)Oc1ccccc1-c1ccc(Oc2ccc(-c3ccccc3)cc2)cc1OC. The summed E-state index contributed by atoms with van der Waals surface area (Å²) in [7, 11) is -2.42. The Morgan fingerprint density at radius 2 is 1.21 bits per heavy atom. The van der Waals surface area contributed by atoms with Gasteiger partial charge in [0, 0.05) is 17.2 Å². The first-order valence-corrected chi connectivity index (χ1v) is 15.3. The normalized spacial score (nSPS) is 12.2. The van der Waals surface area contributed by atoms with Gasteiger partial charge in [-0.2, -0.15) is 0 Å². The van der Waals surface area contributed by atoms with E-state index in [1.165, 1.54) is 0 Å². The summed E-state index contributed by atoms with van der Waals surface area (Å²) in [6.07, 6.45) is 1.60. The maximum Gasteiger partial charge on any atom is 0.587 e. The first-order valence-electron chi connectivity index (χ1n) is 13.9. The molecule has 5 aromatic carbocycles. The van der Waals surface area contributed by atoms with Gasteiger partial charge in [0.2, 0.25) is 0 Å². The van der Waals surface area contributed by atoms with Gasteiger partial charge in [-0.25, -0.2) is 4.57 Å². The molecular weight excluding hydrogens is 547 g/mol. The Hall–Kier alpha value is -4.51. The van der Waals surface area contributed by atoms with Crippen LogP contribution in [0.1, 0.15) is 19.8 Å². The lowest BCUT2D eigenvalue weighted by Gasteiger charge is -2.21. The van der Waals surface area contributed by atoms with Crippen LogP contribution in [0.2, 0.25) is 0 Å². The molecule has 6 nitrogen and oxygen atoms in total. The Morgan fingerprint density at radius 1 is 0.595 bits per heavy atom. The summed E-state index contributed by atoms with van der Waals surface area (Å²) in [6.45, 7) is 2.27. The average Bonchev–Trinajstić information content (AvgIpc) is 3.03. The van der Waals surface area contributed by atoms with Gasteiger partial charge in [-0.15, -0.1) is 0 Å². The number of hydrogen-bond acceptors (Lipinski definition) is 6. The van der Waals surface area contributed by atoms with E-state index in [9.17, 15) is 4.57 Å². The molecule has 1 unspecified atom stereocenters. The van der Waals surface area contributed by atoms with Crippen molar-refractivity contribution >= 4 is 7.82 Å². The second-order valence-corrected chi connectivity index (χ2v) is 11.0. The highest BCUT2D eigenvalue weighted by Crippen LogP contribution is 2.52. The Morgan fingerprint density at radius 3 is 1.93 bits per heavy atom. The van der Waals surface area contributed by atoms with Crippen LogP contribution in [0.4, 0.5) is 0 Å². The molecule has 214 valence electrons. The molecule has 42 heavy (non-hydrogen) atoms. The minimum absolute atomic E-state index is 0.241. The van der Waals surface area contributed by atoms with Crippen molar-refractivity contribution in [3.63, 3.8) is 0 Å². The molecule has 0 N–H and O–H groups in total. The molecule has 0 aromatic heterocycles. The topological polar surface area (TPSA) is 63.2 Å². The highest BCUT2D eigenvalue weighted by atomic mass is 31.2. The van der Waals surface area contributed by atoms with E-state index in [4.69, 9.17) is 23.0 Å². The van der Waals surface area contributed by atoms with Crippen molar-refractivity contribution in [3.05, 3.63) is 127 Å². The second-order valence-electron chi connectivity index (χ2n) is 9.48. The molecular formula is C35H33O6P. The maximum absolute atomic E-state index is 13.8. The average molecular weight is 581 g/mol. The number of rotatable bonds is 13. The van der Waals surface area contributed by atoms with Crippen LogP contribution in [-0.2, 0) is 9.09 Å². The van der Waals surface area contributed by atoms with E-state index >= 15 is 0 Å². The number of benzene rings is 5. The first kappa shape index (κ1) is 29.0. The van der Waals surface area contributed by atoms with Crippen LogP contribution in [0.15, 0.2) is 127 Å². The third kappa shape index (κ3) is 7.41. The van der Waals surface area contributed by atoms with Crippen LogP contribution in [0.25, 0.3) is 22.3 Å². The molecule has 0 fully saturated rings. The predicted molar refractivity (Wildman–Crippen MR) is 167 cm³/mol. The van der Waals surface area contributed by atoms with Crippen molar-refractivity contribution in [2.45, 2.75) is 19.8 Å². The van der Waals surface area contributed by atoms with Crippen LogP contribution in [0.3, 0.4) is 0 Å². The highest BCUT2D eigenvalue weighted by Gasteiger charge is 2.32. The maximum atomic E-state index is 13.8. The Kier molecular flexibility index (Phi) is 9.60. The van der Waals surface area contributed by atoms with Crippen LogP contribution >= 0.6 is 7.82 Å². The van der Waals surface area contributed by atoms with E-state index in [1.54, 1.807) is 43.5 Å². The molecule has 0 aliphatic rings. The van der Waals surface area contributed by atoms with E-state index in [1.807, 2.05) is 85.8 Å². The molecule has 0 heterocycles. The van der Waals surface area contributed by atoms with E-state index < -0.39 is 7.82 Å². The van der Waals surface area contributed by atoms with Crippen LogP contribution in [-0.4, -0.2) is 13.7 Å². The molecule has 0 aliphatic carbocycles. The fourth-order valence-corrected chi connectivity index (χ4v) is 5.61. The molecule has 0 spiro atoms. The molecule has 0 aliphatic heterocycles. The molecule has 5 aromatic rings. The highest BCUT2D eigenvalue weighted by molar-refractivity contribution is 7.49. The van der Waals surface area contributed by atoms with Gasteiger partial charge in [0.15, 0.2) is 0 Å². The summed E-state index contributed by atoms with van der Waals surface area (Å²) >= 11 is 0. The molecule has 0 radical (unpaired) electrons. The van der Waals surface area contributed by atoms with Crippen molar-refractivity contribution in [2.75, 3.05) is 13.7 Å². The van der Waals surface area contributed by atoms with Gasteiger partial charge >= 0.3 is 7.82 Å². The molecule has 0 amide bonds. The lowest BCUT2D eigenvalue weighted by molar-refractivity contribution is 0.207. The fourth-order valence-electron chi connectivity index (χ4n) is 4.33. The number of para-hydroxylation sites is 2. The van der Waals surface area contributed by atoms with Gasteiger partial charge in [0.1, 0.15) is 28.7 Å². The van der Waals surface area contributed by atoms with Gasteiger partial charge < -0.3 is 18.5 Å². The number of unbranched alkanes of at least 4 members (excludes halogenated alkanes) is 1. The number of ether oxygens (including phenoxy) is 2. The summed E-state index contributed by atoms with van der Waals surface area (Å²) in [5.74, 6) is 2.62. The number of phosphoric ester groups is 1. The summed E-state index contributed by atoms with van der Waals surface area (Å²) in [4.78, 5) is 0. The lowest BCUT2D eigenvalue weighted by Crippen LogP contribution is -2.07. The third-order valence-corrected chi connectivity index (χ3v) is 7.82. The first-order chi connectivity index (χ1) is 20.6. The Labute approximate surface area is 247 Å². The summed E-state index contributed by atoms with van der Waals surface area (Å²) in [6, 6.07) is 39.8. The quantitative estimate of drug-likeness (QED) is 0.102. The molecule has 7 heteroatoms. The lowest BCUT2D eigenvalue weighted by atomic mass is 10.0. The largest absolute Gasteiger partial charge is 0.587 e. The second kappa shape index (κ2) is 13.9. The zero-order valence-corrected chi connectivity index (χ0v) is 24.5. The zero-order chi connectivity index (χ0) is 29.2. The van der Waals surface area contributed by atoms with Crippen molar-refractivity contribution in [1.82, 2.24) is 0 Å². The van der Waals surface area contributed by atoms with E-state index in [0.29, 0.717) is 34.3 Å². The van der Waals surface area contributed by atoms with Crippen molar-refractivity contribution in [2.24, 2.45) is 0 Å². The molecule has 1 atom stereocenters. The van der Waals surface area contributed by atoms with Crippen molar-refractivity contribution < 1.29 is 27.6 Å². The Bertz CT molecular complexity index is 1620. The van der Waals surface area contributed by atoms with Gasteiger partial charge in [-0.05, 0) is 60.0 Å². The summed E-state index contributed by atoms with van der Waals surface area (Å²) in [5, 5.41) is 0. The summed E-state index contributed by atoms with van der Waals surface area (Å²) < 4.78 is 43.2. The molecule has 5 rings (SSSR count). The third-order valence-electron chi connectivity index (χ3n) is 6.47. The standard InChI is InChI=1S/C35H33O6P/c1-3-4-25-38-42(36,40-30-15-9-6-10-16-30)41-34-18-12-11-17-32(34)33-24-23-31(26-35(33)37-2)39-29-21-19-28(20-22-29)27-13-7-5-8-14-27/h5-24,26H,3-4,25H2,1-2H3. The fraction of sp³-hybridized carbons (Fsp3) is 0.143. The smallest absolute Gasteiger partial charge is 0.496 e. The van der Waals surface area contributed by atoms with Crippen molar-refractivity contribution in [1.29, 1.82) is 0 Å². The minimum atomic E-state index is -4.01. The van der Waals surface area contributed by atoms with Crippen LogP contribution < -0.4 is 18.5 Å². The monoisotopic (exact) mass is 580 g/mol. The van der Waals surface area contributed by atoms with E-state index in [0.717, 1.165) is 29.5 Å². The number of hydrogen-bond donors (Lipinski definition) is 0. The minimum Gasteiger partial charge on any atom is -0.496 e. The summed E-state index contributed by atoms with van der Waals surface area (Å²) in [5.41, 5.74) is 3.66. The van der Waals surface area contributed by atoms with Crippen LogP contribution in [0, 0.1) is 0 Å². The van der Waals surface area contributed by atoms with Gasteiger partial charge in [-0.1, -0.05) is 92.2 Å².